The molecule has 2 N–H and O–H groups in total. The molecule has 0 saturated carbocycles. The molecule has 8 nitrogen and oxygen atoms in total. The van der Waals surface area contributed by atoms with Crippen LogP contribution in [0.3, 0.4) is 0 Å². The van der Waals surface area contributed by atoms with E-state index in [1.165, 1.54) is 14.2 Å². The number of nitrogens with zero attached hydrogens (tertiary/aromatic N) is 3. The van der Waals surface area contributed by atoms with E-state index < -0.39 is 11.8 Å². The molecule has 37 heavy (non-hydrogen) atoms. The van der Waals surface area contributed by atoms with Crippen molar-refractivity contribution in [2.75, 3.05) is 45.3 Å². The summed E-state index contributed by atoms with van der Waals surface area (Å²) in [4.78, 5) is 21.7. The molecule has 0 bridgehead atoms. The van der Waals surface area contributed by atoms with Crippen molar-refractivity contribution in [3.05, 3.63) is 58.7 Å². The molecule has 3 aromatic rings. The zero-order chi connectivity index (χ0) is 26.5. The van der Waals surface area contributed by atoms with Gasteiger partial charge in [0.25, 0.3) is 5.91 Å². The Labute approximate surface area is 222 Å². The molecule has 1 aliphatic heterocycles. The number of pyridine rings is 1. The number of piperazine rings is 1. The van der Waals surface area contributed by atoms with Crippen molar-refractivity contribution in [3.8, 4) is 34.3 Å². The molecule has 0 spiro atoms. The fourth-order valence-corrected chi connectivity index (χ4v) is 4.96. The van der Waals surface area contributed by atoms with Crippen LogP contribution >= 0.6 is 11.6 Å². The van der Waals surface area contributed by atoms with Gasteiger partial charge in [-0.05, 0) is 37.1 Å². The number of aromatic hydroxyl groups is 2. The van der Waals surface area contributed by atoms with Crippen molar-refractivity contribution >= 4 is 23.2 Å². The first-order chi connectivity index (χ1) is 17.9. The van der Waals surface area contributed by atoms with E-state index in [4.69, 9.17) is 21.1 Å². The third kappa shape index (κ3) is 5.25. The van der Waals surface area contributed by atoms with E-state index in [1.807, 2.05) is 31.2 Å². The van der Waals surface area contributed by atoms with Crippen LogP contribution in [0.5, 0.6) is 23.1 Å². The van der Waals surface area contributed by atoms with Crippen LogP contribution in [0.2, 0.25) is 5.02 Å². The van der Waals surface area contributed by atoms with Crippen LogP contribution in [0, 0.1) is 0 Å². The summed E-state index contributed by atoms with van der Waals surface area (Å²) in [5.41, 5.74) is 1.98. The Hall–Kier alpha value is -3.65. The molecule has 0 aliphatic carbocycles. The van der Waals surface area contributed by atoms with Gasteiger partial charge in [-0.15, -0.1) is 0 Å². The second-order valence-electron chi connectivity index (χ2n) is 8.85. The van der Waals surface area contributed by atoms with Gasteiger partial charge in [0.1, 0.15) is 22.8 Å². The summed E-state index contributed by atoms with van der Waals surface area (Å²) in [6.45, 7) is 3.96. The molecule has 196 valence electrons. The van der Waals surface area contributed by atoms with Crippen molar-refractivity contribution in [1.29, 1.82) is 0 Å². The van der Waals surface area contributed by atoms with Gasteiger partial charge in [-0.25, -0.2) is 4.98 Å². The average molecular weight is 526 g/mol. The molecule has 0 radical (unpaired) electrons. The van der Waals surface area contributed by atoms with Gasteiger partial charge >= 0.3 is 0 Å². The Morgan fingerprint density at radius 1 is 0.973 bits per heavy atom. The molecule has 1 saturated heterocycles. The number of carbonyl (C=O) groups is 1. The van der Waals surface area contributed by atoms with Crippen molar-refractivity contribution < 1.29 is 24.5 Å². The second kappa shape index (κ2) is 11.6. The van der Waals surface area contributed by atoms with E-state index in [9.17, 15) is 15.0 Å². The molecule has 0 unspecified atom stereocenters. The van der Waals surface area contributed by atoms with Gasteiger partial charge in [0.15, 0.2) is 0 Å². The number of carbonyl (C=O) groups excluding carboxylic acids is 1. The highest BCUT2D eigenvalue weighted by molar-refractivity contribution is 6.33. The number of aryl methyl sites for hydroxylation is 1. The number of benzene rings is 2. The Morgan fingerprint density at radius 3 is 2.22 bits per heavy atom. The zero-order valence-corrected chi connectivity index (χ0v) is 22.1. The molecule has 9 heteroatoms. The molecule has 1 aliphatic rings. The molecule has 4 rings (SSSR count). The molecule has 1 amide bonds. The van der Waals surface area contributed by atoms with Gasteiger partial charge in [0, 0.05) is 26.2 Å². The summed E-state index contributed by atoms with van der Waals surface area (Å²) >= 11 is 6.35. The van der Waals surface area contributed by atoms with E-state index >= 15 is 0 Å². The smallest absolute Gasteiger partial charge is 0.263 e. The Kier molecular flexibility index (Phi) is 8.28. The molecule has 2 aromatic carbocycles. The minimum Gasteiger partial charge on any atom is -0.506 e. The fourth-order valence-electron chi connectivity index (χ4n) is 4.71. The lowest BCUT2D eigenvalue weighted by Gasteiger charge is -2.36. The lowest BCUT2D eigenvalue weighted by molar-refractivity contribution is 0.0739. The van der Waals surface area contributed by atoms with Gasteiger partial charge in [0.2, 0.25) is 5.88 Å². The third-order valence-corrected chi connectivity index (χ3v) is 6.97. The van der Waals surface area contributed by atoms with Crippen molar-refractivity contribution in [2.24, 2.45) is 0 Å². The quantitative estimate of drug-likeness (QED) is 0.420. The SMILES string of the molecule is CCCCc1nc(O)c(C(=O)N2CCN(c3ccccc3Cl)CC2)c(O)c1-c1c(OC)cccc1OC. The maximum atomic E-state index is 13.6. The predicted octanol–water partition coefficient (Wildman–Crippen LogP) is 5.14. The van der Waals surface area contributed by atoms with E-state index in [1.54, 1.807) is 23.1 Å². The minimum absolute atomic E-state index is 0.227. The summed E-state index contributed by atoms with van der Waals surface area (Å²) in [6.07, 6.45) is 2.18. The number of unbranched alkanes of at least 4 members (excludes halogenated alkanes) is 1. The number of methoxy groups -OCH3 is 2. The van der Waals surface area contributed by atoms with Crippen LogP contribution in [0.4, 0.5) is 5.69 Å². The molecule has 1 aromatic heterocycles. The molecular weight excluding hydrogens is 494 g/mol. The normalized spacial score (nSPS) is 13.5. The van der Waals surface area contributed by atoms with Gasteiger partial charge in [-0.1, -0.05) is 43.1 Å². The van der Waals surface area contributed by atoms with Gasteiger partial charge in [0.05, 0.1) is 41.8 Å². The van der Waals surface area contributed by atoms with Crippen LogP contribution < -0.4 is 14.4 Å². The number of rotatable bonds is 8. The standard InChI is InChI=1S/C28H32ClN3O5/c1-4-5-10-19-23(24-21(36-2)12-8-13-22(24)37-3)26(33)25(27(34)30-19)28(35)32-16-14-31(15-17-32)20-11-7-6-9-18(20)29/h6-9,11-13H,4-5,10,14-17H2,1-3H3,(H2,30,33,34). The van der Waals surface area contributed by atoms with Crippen molar-refractivity contribution in [2.45, 2.75) is 26.2 Å². The number of amides is 1. The summed E-state index contributed by atoms with van der Waals surface area (Å²) in [5.74, 6) is -0.378. The summed E-state index contributed by atoms with van der Waals surface area (Å²) in [7, 11) is 3.05. The molecule has 1 fully saturated rings. The van der Waals surface area contributed by atoms with Crippen LogP contribution in [-0.4, -0.2) is 66.4 Å². The van der Waals surface area contributed by atoms with E-state index in [0.717, 1.165) is 18.5 Å². The van der Waals surface area contributed by atoms with E-state index in [-0.39, 0.29) is 11.3 Å². The number of halogens is 1. The third-order valence-electron chi connectivity index (χ3n) is 6.65. The molecule has 0 atom stereocenters. The average Bonchev–Trinajstić information content (AvgIpc) is 2.91. The monoisotopic (exact) mass is 525 g/mol. The zero-order valence-electron chi connectivity index (χ0n) is 21.3. The Morgan fingerprint density at radius 2 is 1.62 bits per heavy atom. The topological polar surface area (TPSA) is 95.4 Å². The predicted molar refractivity (Wildman–Crippen MR) is 144 cm³/mol. The van der Waals surface area contributed by atoms with Crippen LogP contribution in [0.25, 0.3) is 11.1 Å². The first kappa shape index (κ1) is 26.4. The molecular formula is C28H32ClN3O5. The first-order valence-electron chi connectivity index (χ1n) is 12.4. The number of aromatic nitrogens is 1. The lowest BCUT2D eigenvalue weighted by Crippen LogP contribution is -2.49. The van der Waals surface area contributed by atoms with Crippen LogP contribution in [0.15, 0.2) is 42.5 Å². The maximum absolute atomic E-state index is 13.6. The first-order valence-corrected chi connectivity index (χ1v) is 12.7. The Balaban J connectivity index is 1.72. The highest BCUT2D eigenvalue weighted by atomic mass is 35.5. The maximum Gasteiger partial charge on any atom is 0.263 e. The number of anilines is 1. The highest BCUT2D eigenvalue weighted by Gasteiger charge is 2.32. The summed E-state index contributed by atoms with van der Waals surface area (Å²) in [5, 5.41) is 23.0. The number of ether oxygens (including phenoxy) is 2. The molecule has 2 heterocycles. The Bertz CT molecular complexity index is 1250. The number of hydrogen-bond donors (Lipinski definition) is 2. The van der Waals surface area contributed by atoms with E-state index in [2.05, 4.69) is 9.88 Å². The summed E-state index contributed by atoms with van der Waals surface area (Å²) in [6, 6.07) is 12.9. The fraction of sp³-hybridized carbons (Fsp3) is 0.357. The van der Waals surface area contributed by atoms with E-state index in [0.29, 0.717) is 65.9 Å². The second-order valence-corrected chi connectivity index (χ2v) is 9.26. The highest BCUT2D eigenvalue weighted by Crippen LogP contribution is 2.47. The van der Waals surface area contributed by atoms with Gasteiger partial charge in [-0.2, -0.15) is 0 Å². The number of para-hydroxylation sites is 1. The number of hydrogen-bond acceptors (Lipinski definition) is 7. The van der Waals surface area contributed by atoms with Crippen molar-refractivity contribution in [3.63, 3.8) is 0 Å². The lowest BCUT2D eigenvalue weighted by atomic mass is 9.95. The van der Waals surface area contributed by atoms with Gasteiger partial charge < -0.3 is 29.5 Å². The van der Waals surface area contributed by atoms with Crippen molar-refractivity contribution in [1.82, 2.24) is 9.88 Å². The largest absolute Gasteiger partial charge is 0.506 e. The van der Waals surface area contributed by atoms with Crippen LogP contribution in [-0.2, 0) is 6.42 Å². The summed E-state index contributed by atoms with van der Waals surface area (Å²) < 4.78 is 11.1. The minimum atomic E-state index is -0.488. The van der Waals surface area contributed by atoms with Crippen LogP contribution in [0.1, 0.15) is 35.8 Å². The van der Waals surface area contributed by atoms with Gasteiger partial charge in [-0.3, -0.25) is 4.79 Å².